The van der Waals surface area contributed by atoms with Crippen molar-refractivity contribution in [2.75, 3.05) is 13.2 Å². The molecule has 2 aromatic carbocycles. The van der Waals surface area contributed by atoms with Gasteiger partial charge in [0.25, 0.3) is 5.69 Å². The summed E-state index contributed by atoms with van der Waals surface area (Å²) in [7, 11) is -3.87. The van der Waals surface area contributed by atoms with Gasteiger partial charge in [0.2, 0.25) is 10.0 Å². The maximum Gasteiger partial charge on any atom is 0.269 e. The Hall–Kier alpha value is -2.88. The molecule has 8 nitrogen and oxygen atoms in total. The number of nitro groups is 1. The summed E-state index contributed by atoms with van der Waals surface area (Å²) in [5.74, 6) is 0. The Morgan fingerprint density at radius 2 is 1.93 bits per heavy atom. The number of nitrogens with zero attached hydrogens (tertiary/aromatic N) is 3. The Bertz CT molecular complexity index is 1220. The van der Waals surface area contributed by atoms with Crippen molar-refractivity contribution in [3.63, 3.8) is 0 Å². The average molecular weight is 425 g/mol. The molecule has 0 aromatic heterocycles. The Labute approximate surface area is 173 Å². The Balaban J connectivity index is 1.59. The second-order valence-electron chi connectivity index (χ2n) is 7.68. The summed E-state index contributed by atoms with van der Waals surface area (Å²) in [6.07, 6.45) is 2.85. The zero-order chi connectivity index (χ0) is 21.1. The molecule has 3 aliphatic rings. The SMILES string of the molecule is O=[N+]([O-])c1ccc(S(=O)(=O)N2CC[C@@]34C(CO)=CC[C@@H]2C3=Nc2ccccc24)cc1. The molecule has 2 atom stereocenters. The van der Waals surface area contributed by atoms with Crippen LogP contribution in [0.3, 0.4) is 0 Å². The average Bonchev–Trinajstić information content (AvgIpc) is 3.10. The van der Waals surface area contributed by atoms with Gasteiger partial charge in [-0.3, -0.25) is 15.1 Å². The van der Waals surface area contributed by atoms with E-state index in [1.54, 1.807) is 0 Å². The predicted molar refractivity (Wildman–Crippen MR) is 110 cm³/mol. The minimum Gasteiger partial charge on any atom is -0.392 e. The van der Waals surface area contributed by atoms with Gasteiger partial charge in [0, 0.05) is 18.7 Å². The molecule has 1 saturated heterocycles. The van der Waals surface area contributed by atoms with E-state index in [1.165, 1.54) is 28.6 Å². The van der Waals surface area contributed by atoms with Crippen molar-refractivity contribution < 1.29 is 18.4 Å². The maximum absolute atomic E-state index is 13.4. The van der Waals surface area contributed by atoms with Crippen LogP contribution in [0.2, 0.25) is 0 Å². The zero-order valence-corrected chi connectivity index (χ0v) is 16.7. The van der Waals surface area contributed by atoms with E-state index >= 15 is 0 Å². The highest BCUT2D eigenvalue weighted by molar-refractivity contribution is 7.89. The van der Waals surface area contributed by atoms with Crippen LogP contribution in [0.5, 0.6) is 0 Å². The Morgan fingerprint density at radius 1 is 1.20 bits per heavy atom. The number of aliphatic hydroxyl groups excluding tert-OH is 1. The van der Waals surface area contributed by atoms with Crippen LogP contribution in [0.1, 0.15) is 18.4 Å². The maximum atomic E-state index is 13.4. The third kappa shape index (κ3) is 2.46. The second-order valence-corrected chi connectivity index (χ2v) is 9.57. The summed E-state index contributed by atoms with van der Waals surface area (Å²) in [5, 5.41) is 20.9. The van der Waals surface area contributed by atoms with Crippen molar-refractivity contribution in [1.82, 2.24) is 4.31 Å². The first-order chi connectivity index (χ1) is 14.4. The standard InChI is InChI=1S/C21H19N3O5S/c25-13-14-5-10-19-20-21(14,17-3-1-2-4-18(17)22-20)11-12-23(19)30(28,29)16-8-6-15(7-9-16)24(26)27/h1-9,19,25H,10-13H2/t19-,21+/m1/s1. The lowest BCUT2D eigenvalue weighted by atomic mass is 9.62. The minimum absolute atomic E-state index is 0.0219. The molecule has 154 valence electrons. The van der Waals surface area contributed by atoms with Gasteiger partial charge in [-0.2, -0.15) is 4.31 Å². The Kier molecular flexibility index (Phi) is 4.18. The van der Waals surface area contributed by atoms with Crippen molar-refractivity contribution in [3.8, 4) is 0 Å². The van der Waals surface area contributed by atoms with Gasteiger partial charge in [-0.05, 0) is 42.2 Å². The summed E-state index contributed by atoms with van der Waals surface area (Å²) in [6.45, 7) is 0.170. The first-order valence-corrected chi connectivity index (χ1v) is 11.1. The molecular weight excluding hydrogens is 406 g/mol. The number of para-hydroxylation sites is 1. The molecule has 1 N–H and O–H groups in total. The van der Waals surface area contributed by atoms with Gasteiger partial charge in [-0.1, -0.05) is 24.3 Å². The molecule has 30 heavy (non-hydrogen) atoms. The normalized spacial score (nSPS) is 25.2. The first-order valence-electron chi connectivity index (χ1n) is 9.65. The van der Waals surface area contributed by atoms with Gasteiger partial charge >= 0.3 is 0 Å². The van der Waals surface area contributed by atoms with Crippen molar-refractivity contribution in [1.29, 1.82) is 0 Å². The first kappa shape index (κ1) is 19.1. The number of nitro benzene ring substituents is 1. The molecule has 1 aliphatic carbocycles. The largest absolute Gasteiger partial charge is 0.392 e. The number of aliphatic hydroxyl groups is 1. The monoisotopic (exact) mass is 425 g/mol. The number of piperidine rings is 1. The van der Waals surface area contributed by atoms with Crippen LogP contribution in [-0.4, -0.2) is 47.7 Å². The number of hydrogen-bond donors (Lipinski definition) is 1. The number of rotatable bonds is 4. The molecule has 5 rings (SSSR count). The second kappa shape index (κ2) is 6.56. The Morgan fingerprint density at radius 3 is 2.63 bits per heavy atom. The van der Waals surface area contributed by atoms with E-state index in [1.807, 2.05) is 30.3 Å². The van der Waals surface area contributed by atoms with Crippen LogP contribution in [0.25, 0.3) is 0 Å². The molecule has 1 fully saturated rings. The molecule has 0 amide bonds. The third-order valence-electron chi connectivity index (χ3n) is 6.37. The van der Waals surface area contributed by atoms with E-state index in [2.05, 4.69) is 0 Å². The lowest BCUT2D eigenvalue weighted by molar-refractivity contribution is -0.384. The van der Waals surface area contributed by atoms with Crippen LogP contribution >= 0.6 is 0 Å². The van der Waals surface area contributed by atoms with Gasteiger partial charge in [0.15, 0.2) is 0 Å². The molecular formula is C21H19N3O5S. The van der Waals surface area contributed by atoms with Gasteiger partial charge in [0.1, 0.15) is 0 Å². The summed E-state index contributed by atoms with van der Waals surface area (Å²) in [5.41, 5.74) is 2.73. The number of benzene rings is 2. The van der Waals surface area contributed by atoms with E-state index in [4.69, 9.17) is 4.99 Å². The van der Waals surface area contributed by atoms with Crippen molar-refractivity contribution in [2.45, 2.75) is 29.2 Å². The molecule has 0 radical (unpaired) electrons. The van der Waals surface area contributed by atoms with Crippen LogP contribution in [-0.2, 0) is 15.4 Å². The molecule has 0 spiro atoms. The highest BCUT2D eigenvalue weighted by Gasteiger charge is 2.56. The summed E-state index contributed by atoms with van der Waals surface area (Å²) in [4.78, 5) is 15.2. The molecule has 2 aliphatic heterocycles. The van der Waals surface area contributed by atoms with E-state index in [-0.39, 0.29) is 23.7 Å². The van der Waals surface area contributed by atoms with E-state index < -0.39 is 26.4 Å². The van der Waals surface area contributed by atoms with E-state index in [0.717, 1.165) is 22.5 Å². The number of fused-ring (bicyclic) bond motifs is 1. The van der Waals surface area contributed by atoms with Gasteiger partial charge in [-0.25, -0.2) is 8.42 Å². The minimum atomic E-state index is -3.87. The van der Waals surface area contributed by atoms with Crippen LogP contribution < -0.4 is 0 Å². The van der Waals surface area contributed by atoms with Crippen molar-refractivity contribution in [2.24, 2.45) is 4.99 Å². The van der Waals surface area contributed by atoms with Gasteiger partial charge in [0.05, 0.1) is 39.3 Å². The van der Waals surface area contributed by atoms with Crippen molar-refractivity contribution in [3.05, 3.63) is 75.9 Å². The number of non-ortho nitro benzene ring substituents is 1. The van der Waals surface area contributed by atoms with E-state index in [9.17, 15) is 23.6 Å². The van der Waals surface area contributed by atoms with E-state index in [0.29, 0.717) is 12.8 Å². The van der Waals surface area contributed by atoms with Gasteiger partial charge in [-0.15, -0.1) is 0 Å². The lowest BCUT2D eigenvalue weighted by Gasteiger charge is -2.48. The third-order valence-corrected chi connectivity index (χ3v) is 8.30. The number of aliphatic imine (C=N–C) groups is 1. The quantitative estimate of drug-likeness (QED) is 0.460. The highest BCUT2D eigenvalue weighted by Crippen LogP contribution is 2.53. The molecule has 0 unspecified atom stereocenters. The van der Waals surface area contributed by atoms with Gasteiger partial charge < -0.3 is 5.11 Å². The van der Waals surface area contributed by atoms with Crippen LogP contribution in [0.15, 0.2) is 70.1 Å². The summed E-state index contributed by atoms with van der Waals surface area (Å²) >= 11 is 0. The fourth-order valence-corrected chi connectivity index (χ4v) is 6.61. The molecule has 0 saturated carbocycles. The molecule has 2 aromatic rings. The predicted octanol–water partition coefficient (Wildman–Crippen LogP) is 2.70. The van der Waals surface area contributed by atoms with Crippen LogP contribution in [0.4, 0.5) is 11.4 Å². The number of hydrogen-bond acceptors (Lipinski definition) is 6. The highest BCUT2D eigenvalue weighted by atomic mass is 32.2. The summed E-state index contributed by atoms with van der Waals surface area (Å²) in [6, 6.07) is 12.2. The smallest absolute Gasteiger partial charge is 0.269 e. The fourth-order valence-electron chi connectivity index (χ4n) is 5.00. The molecule has 9 heteroatoms. The number of sulfonamides is 1. The zero-order valence-electron chi connectivity index (χ0n) is 15.9. The summed E-state index contributed by atoms with van der Waals surface area (Å²) < 4.78 is 28.3. The molecule has 2 bridgehead atoms. The lowest BCUT2D eigenvalue weighted by Crippen LogP contribution is -2.60. The van der Waals surface area contributed by atoms with Crippen molar-refractivity contribution >= 4 is 27.1 Å². The fraction of sp³-hybridized carbons (Fsp3) is 0.286. The van der Waals surface area contributed by atoms with Crippen LogP contribution in [0, 0.1) is 10.1 Å². The topological polar surface area (TPSA) is 113 Å². The molecule has 2 heterocycles.